The highest BCUT2D eigenvalue weighted by molar-refractivity contribution is 9.10. The first-order chi connectivity index (χ1) is 9.15. The van der Waals surface area contributed by atoms with Crippen LogP contribution in [0.2, 0.25) is 0 Å². The topological polar surface area (TPSA) is 37.8 Å². The number of nitrogens with one attached hydrogen (secondary N) is 1. The van der Waals surface area contributed by atoms with E-state index in [1.807, 2.05) is 0 Å². The van der Waals surface area contributed by atoms with E-state index in [2.05, 4.69) is 62.4 Å². The zero-order chi connectivity index (χ0) is 13.8. The monoisotopic (exact) mass is 359 g/mol. The fraction of sp³-hybridized carbons (Fsp3) is 0.538. The maximum absolute atomic E-state index is 4.30. The third-order valence-electron chi connectivity index (χ3n) is 2.90. The van der Waals surface area contributed by atoms with Gasteiger partial charge in [-0.2, -0.15) is 11.3 Å². The second kappa shape index (κ2) is 6.92. The van der Waals surface area contributed by atoms with Gasteiger partial charge in [0.2, 0.25) is 0 Å². The third-order valence-corrected chi connectivity index (χ3v) is 5.46. The molecule has 0 saturated carbocycles. The zero-order valence-corrected chi connectivity index (χ0v) is 14.5. The molecule has 2 aromatic heterocycles. The standard InChI is InChI=1S/C13H18BrN3S2/c1-4-5-15-12(9-6-18-7-10(9)14)13-11(8(2)3)16-17-19-13/h6-8,12,15H,4-5H2,1-3H3. The predicted molar refractivity (Wildman–Crippen MR) is 86.2 cm³/mol. The van der Waals surface area contributed by atoms with E-state index in [9.17, 15) is 0 Å². The molecule has 3 nitrogen and oxygen atoms in total. The van der Waals surface area contributed by atoms with Gasteiger partial charge in [-0.1, -0.05) is 25.3 Å². The second-order valence-electron chi connectivity index (χ2n) is 4.74. The van der Waals surface area contributed by atoms with Crippen LogP contribution in [0.25, 0.3) is 0 Å². The van der Waals surface area contributed by atoms with Crippen molar-refractivity contribution >= 4 is 38.8 Å². The minimum Gasteiger partial charge on any atom is -0.305 e. The van der Waals surface area contributed by atoms with Gasteiger partial charge < -0.3 is 5.32 Å². The van der Waals surface area contributed by atoms with Crippen LogP contribution in [0, 0.1) is 0 Å². The van der Waals surface area contributed by atoms with Crippen LogP contribution < -0.4 is 5.32 Å². The average molecular weight is 360 g/mol. The molecule has 0 bridgehead atoms. The lowest BCUT2D eigenvalue weighted by Crippen LogP contribution is -2.23. The van der Waals surface area contributed by atoms with E-state index >= 15 is 0 Å². The summed E-state index contributed by atoms with van der Waals surface area (Å²) in [5.74, 6) is 0.400. The molecule has 0 amide bonds. The lowest BCUT2D eigenvalue weighted by molar-refractivity contribution is 0.596. The number of aromatic nitrogens is 2. The van der Waals surface area contributed by atoms with Gasteiger partial charge in [0, 0.05) is 9.85 Å². The molecule has 2 rings (SSSR count). The average Bonchev–Trinajstić information content (AvgIpc) is 3.00. The van der Waals surface area contributed by atoms with Gasteiger partial charge in [0.25, 0.3) is 0 Å². The van der Waals surface area contributed by atoms with Crippen molar-refractivity contribution in [2.24, 2.45) is 0 Å². The fourth-order valence-electron chi connectivity index (χ4n) is 1.93. The van der Waals surface area contributed by atoms with Gasteiger partial charge in [-0.3, -0.25) is 0 Å². The summed E-state index contributed by atoms with van der Waals surface area (Å²) < 4.78 is 5.31. The van der Waals surface area contributed by atoms with Crippen molar-refractivity contribution in [3.8, 4) is 0 Å². The Balaban J connectivity index is 2.37. The molecule has 0 saturated heterocycles. The number of nitrogens with zero attached hydrogens (tertiary/aromatic N) is 2. The number of hydrogen-bond acceptors (Lipinski definition) is 5. The number of thiophene rings is 1. The minimum absolute atomic E-state index is 0.193. The molecule has 2 heterocycles. The molecule has 0 aliphatic carbocycles. The first-order valence-electron chi connectivity index (χ1n) is 6.42. The highest BCUT2D eigenvalue weighted by atomic mass is 79.9. The molecular weight excluding hydrogens is 342 g/mol. The van der Waals surface area contributed by atoms with Crippen LogP contribution in [0.15, 0.2) is 15.2 Å². The van der Waals surface area contributed by atoms with Crippen molar-refractivity contribution in [1.29, 1.82) is 0 Å². The van der Waals surface area contributed by atoms with Crippen LogP contribution in [0.4, 0.5) is 0 Å². The maximum Gasteiger partial charge on any atom is 0.0832 e. The van der Waals surface area contributed by atoms with Gasteiger partial charge >= 0.3 is 0 Å². The zero-order valence-electron chi connectivity index (χ0n) is 11.3. The van der Waals surface area contributed by atoms with Gasteiger partial charge in [0.1, 0.15) is 0 Å². The summed E-state index contributed by atoms with van der Waals surface area (Å²) in [4.78, 5) is 1.24. The summed E-state index contributed by atoms with van der Waals surface area (Å²) in [7, 11) is 0. The Labute approximate surface area is 130 Å². The van der Waals surface area contributed by atoms with Crippen LogP contribution in [0.3, 0.4) is 0 Å². The molecule has 1 N–H and O–H groups in total. The van der Waals surface area contributed by atoms with Crippen LogP contribution in [-0.2, 0) is 0 Å². The van der Waals surface area contributed by atoms with Crippen molar-refractivity contribution in [3.05, 3.63) is 31.4 Å². The molecule has 2 aromatic rings. The summed E-state index contributed by atoms with van der Waals surface area (Å²) in [6, 6.07) is 0.193. The Hall–Kier alpha value is -0.300. The first kappa shape index (κ1) is 15.1. The van der Waals surface area contributed by atoms with Gasteiger partial charge in [0.15, 0.2) is 0 Å². The first-order valence-corrected chi connectivity index (χ1v) is 8.93. The van der Waals surface area contributed by atoms with Gasteiger partial charge in [-0.25, -0.2) is 0 Å². The predicted octanol–water partition coefficient (Wildman–Crippen LogP) is 4.57. The van der Waals surface area contributed by atoms with E-state index in [0.717, 1.165) is 23.1 Å². The van der Waals surface area contributed by atoms with Crippen molar-refractivity contribution in [2.45, 2.75) is 39.2 Å². The molecule has 19 heavy (non-hydrogen) atoms. The van der Waals surface area contributed by atoms with E-state index in [-0.39, 0.29) is 6.04 Å². The Morgan fingerprint density at radius 3 is 2.74 bits per heavy atom. The van der Waals surface area contributed by atoms with Crippen LogP contribution in [0.5, 0.6) is 0 Å². The Morgan fingerprint density at radius 2 is 2.16 bits per heavy atom. The highest BCUT2D eigenvalue weighted by Gasteiger charge is 2.24. The van der Waals surface area contributed by atoms with Gasteiger partial charge in [-0.05, 0) is 57.3 Å². The molecule has 1 atom stereocenters. The number of hydrogen-bond donors (Lipinski definition) is 1. The summed E-state index contributed by atoms with van der Waals surface area (Å²) in [5, 5.41) is 12.2. The Bertz CT molecular complexity index is 521. The van der Waals surface area contributed by atoms with Crippen molar-refractivity contribution < 1.29 is 0 Å². The lowest BCUT2D eigenvalue weighted by atomic mass is 10.0. The van der Waals surface area contributed by atoms with E-state index in [4.69, 9.17) is 0 Å². The Kier molecular flexibility index (Phi) is 5.50. The van der Waals surface area contributed by atoms with E-state index in [0.29, 0.717) is 5.92 Å². The molecule has 104 valence electrons. The van der Waals surface area contributed by atoms with E-state index in [1.54, 1.807) is 11.3 Å². The Morgan fingerprint density at radius 1 is 1.37 bits per heavy atom. The normalized spacial score (nSPS) is 13.1. The molecule has 1 unspecified atom stereocenters. The molecule has 0 spiro atoms. The summed E-state index contributed by atoms with van der Waals surface area (Å²) in [6.07, 6.45) is 1.11. The summed E-state index contributed by atoms with van der Waals surface area (Å²) in [6.45, 7) is 7.50. The van der Waals surface area contributed by atoms with Crippen LogP contribution in [-0.4, -0.2) is 16.1 Å². The van der Waals surface area contributed by atoms with Gasteiger partial charge in [-0.15, -0.1) is 5.10 Å². The molecule has 0 fully saturated rings. The summed E-state index contributed by atoms with van der Waals surface area (Å²) >= 11 is 6.86. The molecule has 0 radical (unpaired) electrons. The molecule has 6 heteroatoms. The van der Waals surface area contributed by atoms with Gasteiger partial charge in [0.05, 0.1) is 16.6 Å². The van der Waals surface area contributed by atoms with E-state index < -0.39 is 0 Å². The summed E-state index contributed by atoms with van der Waals surface area (Å²) in [5.41, 5.74) is 2.39. The smallest absolute Gasteiger partial charge is 0.0832 e. The molecule has 0 aliphatic rings. The number of rotatable bonds is 6. The lowest BCUT2D eigenvalue weighted by Gasteiger charge is -2.18. The third kappa shape index (κ3) is 3.42. The molecular formula is C13H18BrN3S2. The maximum atomic E-state index is 4.30. The van der Waals surface area contributed by atoms with Crippen molar-refractivity contribution in [2.75, 3.05) is 6.54 Å². The molecule has 0 aliphatic heterocycles. The second-order valence-corrected chi connectivity index (χ2v) is 7.12. The number of halogens is 1. The SMILES string of the molecule is CCCNC(c1cscc1Br)c1snnc1C(C)C. The van der Waals surface area contributed by atoms with Crippen LogP contribution in [0.1, 0.15) is 55.3 Å². The fourth-order valence-corrected chi connectivity index (χ4v) is 4.39. The largest absolute Gasteiger partial charge is 0.305 e. The van der Waals surface area contributed by atoms with Crippen molar-refractivity contribution in [1.82, 2.24) is 14.9 Å². The van der Waals surface area contributed by atoms with Crippen molar-refractivity contribution in [3.63, 3.8) is 0 Å². The van der Waals surface area contributed by atoms with E-state index in [1.165, 1.54) is 22.0 Å². The minimum atomic E-state index is 0.193. The molecule has 0 aromatic carbocycles. The van der Waals surface area contributed by atoms with Crippen LogP contribution >= 0.6 is 38.8 Å². The quantitative estimate of drug-likeness (QED) is 0.820. The highest BCUT2D eigenvalue weighted by Crippen LogP contribution is 2.36.